The number of nitriles is 1. The first-order chi connectivity index (χ1) is 9.76. The van der Waals surface area contributed by atoms with Crippen LogP contribution in [-0.2, 0) is 12.8 Å². The molecule has 0 amide bonds. The molecule has 1 aromatic carbocycles. The number of hydrogen-bond donors (Lipinski definition) is 0. The molecule has 1 aliphatic rings. The van der Waals surface area contributed by atoms with Gasteiger partial charge in [-0.3, -0.25) is 0 Å². The second kappa shape index (κ2) is 5.34. The van der Waals surface area contributed by atoms with Crippen LogP contribution in [0.25, 0.3) is 0 Å². The fourth-order valence-electron chi connectivity index (χ4n) is 2.49. The third-order valence-corrected chi connectivity index (χ3v) is 3.62. The van der Waals surface area contributed by atoms with Gasteiger partial charge in [0.2, 0.25) is 5.88 Å². The summed E-state index contributed by atoms with van der Waals surface area (Å²) in [4.78, 5) is 4.56. The smallest absolute Gasteiger partial charge is 0.237 e. The molecule has 3 nitrogen and oxygen atoms in total. The first kappa shape index (κ1) is 12.7. The molecular weight excluding hydrogens is 248 g/mol. The summed E-state index contributed by atoms with van der Waals surface area (Å²) in [6, 6.07) is 11.9. The van der Waals surface area contributed by atoms with Crippen molar-refractivity contribution < 1.29 is 4.74 Å². The summed E-state index contributed by atoms with van der Waals surface area (Å²) in [5, 5.41) is 9.27. The van der Waals surface area contributed by atoms with Crippen molar-refractivity contribution in [1.29, 1.82) is 5.26 Å². The Morgan fingerprint density at radius 2 is 1.90 bits per heavy atom. The normalized spacial score (nSPS) is 13.4. The van der Waals surface area contributed by atoms with Gasteiger partial charge in [0.15, 0.2) is 0 Å². The van der Waals surface area contributed by atoms with Gasteiger partial charge >= 0.3 is 0 Å². The highest BCUT2D eigenvalue weighted by molar-refractivity contribution is 5.45. The van der Waals surface area contributed by atoms with Crippen LogP contribution in [0.4, 0.5) is 0 Å². The molecule has 3 heteroatoms. The molecule has 100 valence electrons. The van der Waals surface area contributed by atoms with E-state index in [9.17, 15) is 5.26 Å². The molecule has 0 N–H and O–H groups in total. The molecule has 0 unspecified atom stereocenters. The fourth-order valence-corrected chi connectivity index (χ4v) is 2.49. The molecule has 1 aromatic heterocycles. The Bertz CT molecular complexity index is 669. The molecular formula is C17H16N2O. The van der Waals surface area contributed by atoms with Crippen LogP contribution in [0.15, 0.2) is 30.3 Å². The lowest BCUT2D eigenvalue weighted by Crippen LogP contribution is -2.07. The lowest BCUT2D eigenvalue weighted by Gasteiger charge is -2.16. The Kier molecular flexibility index (Phi) is 3.39. The lowest BCUT2D eigenvalue weighted by atomic mass is 9.95. The minimum atomic E-state index is 0.428. The van der Waals surface area contributed by atoms with Gasteiger partial charge in [0, 0.05) is 5.69 Å². The number of ether oxygens (including phenoxy) is 1. The van der Waals surface area contributed by atoms with Crippen molar-refractivity contribution in [2.75, 3.05) is 0 Å². The summed E-state index contributed by atoms with van der Waals surface area (Å²) in [7, 11) is 0. The minimum absolute atomic E-state index is 0.428. The van der Waals surface area contributed by atoms with Gasteiger partial charge in [0.05, 0.1) is 0 Å². The largest absolute Gasteiger partial charge is 0.438 e. The van der Waals surface area contributed by atoms with E-state index in [0.717, 1.165) is 30.7 Å². The zero-order valence-corrected chi connectivity index (χ0v) is 11.5. The van der Waals surface area contributed by atoms with Gasteiger partial charge in [-0.15, -0.1) is 0 Å². The number of aryl methyl sites for hydroxylation is 3. The molecule has 1 heterocycles. The number of nitrogens with zero attached hydrogens (tertiary/aromatic N) is 2. The predicted molar refractivity (Wildman–Crippen MR) is 76.8 cm³/mol. The van der Waals surface area contributed by atoms with Gasteiger partial charge in [-0.2, -0.15) is 5.26 Å². The molecule has 0 aliphatic heterocycles. The number of benzene rings is 1. The minimum Gasteiger partial charge on any atom is -0.438 e. The first-order valence-electron chi connectivity index (χ1n) is 6.93. The Hall–Kier alpha value is -2.34. The molecule has 0 bridgehead atoms. The van der Waals surface area contributed by atoms with Gasteiger partial charge in [0.1, 0.15) is 17.4 Å². The van der Waals surface area contributed by atoms with E-state index in [1.165, 1.54) is 17.5 Å². The molecule has 3 rings (SSSR count). The molecule has 2 aromatic rings. The quantitative estimate of drug-likeness (QED) is 0.825. The second-order valence-electron chi connectivity index (χ2n) is 5.18. The fraction of sp³-hybridized carbons (Fsp3) is 0.294. The maximum absolute atomic E-state index is 9.27. The third-order valence-electron chi connectivity index (χ3n) is 3.62. The molecule has 20 heavy (non-hydrogen) atoms. The summed E-state index contributed by atoms with van der Waals surface area (Å²) >= 11 is 0. The molecule has 0 saturated carbocycles. The second-order valence-corrected chi connectivity index (χ2v) is 5.18. The number of pyridine rings is 1. The van der Waals surface area contributed by atoms with Crippen LogP contribution < -0.4 is 4.74 Å². The standard InChI is InChI=1S/C17H16N2O/c1-12-6-8-15(9-7-12)20-17-14(11-18)10-13-4-2-3-5-16(13)19-17/h6-10H,2-5H2,1H3. The van der Waals surface area contributed by atoms with Crippen molar-refractivity contribution in [2.24, 2.45) is 0 Å². The van der Waals surface area contributed by atoms with Gasteiger partial charge in [-0.25, -0.2) is 4.98 Å². The van der Waals surface area contributed by atoms with Crippen molar-refractivity contribution in [3.8, 4) is 17.7 Å². The van der Waals surface area contributed by atoms with Crippen molar-refractivity contribution in [2.45, 2.75) is 32.6 Å². The molecule has 0 saturated heterocycles. The van der Waals surface area contributed by atoms with Crippen LogP contribution in [0.2, 0.25) is 0 Å². The summed E-state index contributed by atoms with van der Waals surface area (Å²) in [5.74, 6) is 1.15. The van der Waals surface area contributed by atoms with E-state index in [1.54, 1.807) is 0 Å². The molecule has 0 radical (unpaired) electrons. The summed E-state index contributed by atoms with van der Waals surface area (Å²) in [6.45, 7) is 2.03. The van der Waals surface area contributed by atoms with E-state index < -0.39 is 0 Å². The van der Waals surface area contributed by atoms with Crippen molar-refractivity contribution in [3.63, 3.8) is 0 Å². The maximum Gasteiger partial charge on any atom is 0.237 e. The van der Waals surface area contributed by atoms with Gasteiger partial charge in [0.25, 0.3) is 0 Å². The van der Waals surface area contributed by atoms with E-state index in [2.05, 4.69) is 11.1 Å². The summed E-state index contributed by atoms with van der Waals surface area (Å²) in [6.07, 6.45) is 4.33. The maximum atomic E-state index is 9.27. The van der Waals surface area contributed by atoms with Crippen LogP contribution in [0.1, 0.15) is 35.2 Å². The zero-order chi connectivity index (χ0) is 13.9. The van der Waals surface area contributed by atoms with E-state index >= 15 is 0 Å². The van der Waals surface area contributed by atoms with E-state index in [1.807, 2.05) is 37.3 Å². The molecule has 0 spiro atoms. The molecule has 1 aliphatic carbocycles. The molecule has 0 atom stereocenters. The summed E-state index contributed by atoms with van der Waals surface area (Å²) < 4.78 is 5.79. The number of fused-ring (bicyclic) bond motifs is 1. The first-order valence-corrected chi connectivity index (χ1v) is 6.93. The Morgan fingerprint density at radius 1 is 1.15 bits per heavy atom. The Labute approximate surface area is 118 Å². The zero-order valence-electron chi connectivity index (χ0n) is 11.5. The summed E-state index contributed by atoms with van der Waals surface area (Å²) in [5.41, 5.74) is 3.98. The van der Waals surface area contributed by atoms with Crippen LogP contribution >= 0.6 is 0 Å². The topological polar surface area (TPSA) is 45.9 Å². The third kappa shape index (κ3) is 2.50. The SMILES string of the molecule is Cc1ccc(Oc2nc3c(cc2C#N)CCCC3)cc1. The lowest BCUT2D eigenvalue weighted by molar-refractivity contribution is 0.456. The van der Waals surface area contributed by atoms with E-state index in [0.29, 0.717) is 11.4 Å². The highest BCUT2D eigenvalue weighted by atomic mass is 16.5. The number of aromatic nitrogens is 1. The monoisotopic (exact) mass is 264 g/mol. The highest BCUT2D eigenvalue weighted by Crippen LogP contribution is 2.28. The van der Waals surface area contributed by atoms with Crippen LogP contribution in [0, 0.1) is 18.3 Å². The van der Waals surface area contributed by atoms with Gasteiger partial charge < -0.3 is 4.74 Å². The predicted octanol–water partition coefficient (Wildman–Crippen LogP) is 3.93. The van der Waals surface area contributed by atoms with E-state index in [-0.39, 0.29) is 0 Å². The van der Waals surface area contributed by atoms with Crippen LogP contribution in [0.5, 0.6) is 11.6 Å². The molecule has 0 fully saturated rings. The van der Waals surface area contributed by atoms with E-state index in [4.69, 9.17) is 4.74 Å². The van der Waals surface area contributed by atoms with Crippen LogP contribution in [-0.4, -0.2) is 4.98 Å². The van der Waals surface area contributed by atoms with Crippen molar-refractivity contribution in [1.82, 2.24) is 4.98 Å². The van der Waals surface area contributed by atoms with Gasteiger partial charge in [-0.05, 0) is 56.4 Å². The number of hydrogen-bond acceptors (Lipinski definition) is 3. The average molecular weight is 264 g/mol. The Morgan fingerprint density at radius 3 is 2.65 bits per heavy atom. The highest BCUT2D eigenvalue weighted by Gasteiger charge is 2.16. The van der Waals surface area contributed by atoms with Crippen molar-refractivity contribution in [3.05, 3.63) is 52.7 Å². The van der Waals surface area contributed by atoms with Crippen molar-refractivity contribution >= 4 is 0 Å². The number of rotatable bonds is 2. The average Bonchev–Trinajstić information content (AvgIpc) is 2.49. The van der Waals surface area contributed by atoms with Gasteiger partial charge in [-0.1, -0.05) is 17.7 Å². The Balaban J connectivity index is 1.96. The van der Waals surface area contributed by atoms with Crippen LogP contribution in [0.3, 0.4) is 0 Å².